The van der Waals surface area contributed by atoms with Gasteiger partial charge in [0.2, 0.25) is 5.91 Å². The van der Waals surface area contributed by atoms with Gasteiger partial charge in [-0.3, -0.25) is 14.4 Å². The number of aliphatic hydroxyl groups excluding tert-OH is 1. The fourth-order valence-electron chi connectivity index (χ4n) is 3.12. The number of unbranched alkanes of at least 4 members (excludes halogenated alkanes) is 4. The van der Waals surface area contributed by atoms with Gasteiger partial charge in [0.05, 0.1) is 13.2 Å². The molecule has 39 heavy (non-hydrogen) atoms. The molecule has 0 aliphatic heterocycles. The summed E-state index contributed by atoms with van der Waals surface area (Å²) >= 11 is 1.04. The maximum absolute atomic E-state index is 12.8. The molecule has 0 aliphatic carbocycles. The summed E-state index contributed by atoms with van der Waals surface area (Å²) in [6.07, 6.45) is 16.8. The van der Waals surface area contributed by atoms with Crippen LogP contribution in [0, 0.1) is 0 Å². The zero-order valence-corrected chi connectivity index (χ0v) is 23.9. The second kappa shape index (κ2) is 22.3. The van der Waals surface area contributed by atoms with Crippen molar-refractivity contribution in [1.29, 1.82) is 0 Å². The van der Waals surface area contributed by atoms with E-state index in [1.165, 1.54) is 19.3 Å². The zero-order valence-electron chi connectivity index (χ0n) is 23.0. The number of carbonyl (C=O) groups excluding carboxylic acids is 3. The van der Waals surface area contributed by atoms with Crippen molar-refractivity contribution < 1.29 is 37.4 Å². The number of esters is 1. The number of amides is 2. The molecular formula is C28H43F3N2O5S. The molecule has 0 saturated carbocycles. The molecule has 0 spiro atoms. The number of ether oxygens (including phenoxy) is 1. The topological polar surface area (TPSA) is 105 Å². The summed E-state index contributed by atoms with van der Waals surface area (Å²) in [5, 5.41) is 13.9. The summed E-state index contributed by atoms with van der Waals surface area (Å²) in [7, 11) is 1.10. The SMILES string of the molecule is CCCCCC=CCC=CC=CC=C[C@@H](SC[C@H](NC(=O)C(F)(F)F)C(=O)NCC(=O)OC)[C@@H](O)CCCC. The van der Waals surface area contributed by atoms with Crippen LogP contribution >= 0.6 is 11.8 Å². The molecule has 0 rings (SSSR count). The molecule has 0 aliphatic rings. The van der Waals surface area contributed by atoms with Crippen molar-refractivity contribution in [1.82, 2.24) is 10.6 Å². The van der Waals surface area contributed by atoms with Gasteiger partial charge in [0, 0.05) is 11.0 Å². The number of nitrogens with one attached hydrogen (secondary N) is 2. The summed E-state index contributed by atoms with van der Waals surface area (Å²) < 4.78 is 42.9. The van der Waals surface area contributed by atoms with Gasteiger partial charge < -0.3 is 20.5 Å². The Labute approximate surface area is 234 Å². The number of alkyl halides is 3. The summed E-state index contributed by atoms with van der Waals surface area (Å²) in [6.45, 7) is 3.57. The molecule has 0 radical (unpaired) electrons. The lowest BCUT2D eigenvalue weighted by atomic mass is 10.1. The number of methoxy groups -OCH3 is 1. The highest BCUT2D eigenvalue weighted by molar-refractivity contribution is 8.00. The maximum atomic E-state index is 12.8. The first kappa shape index (κ1) is 36.5. The van der Waals surface area contributed by atoms with Crippen LogP contribution in [-0.2, 0) is 19.1 Å². The third-order valence-electron chi connectivity index (χ3n) is 5.39. The van der Waals surface area contributed by atoms with E-state index in [1.54, 1.807) is 23.5 Å². The fourth-order valence-corrected chi connectivity index (χ4v) is 4.33. The molecule has 11 heteroatoms. The lowest BCUT2D eigenvalue weighted by Crippen LogP contribution is -2.52. The quantitative estimate of drug-likeness (QED) is 0.0800. The minimum absolute atomic E-state index is 0.263. The van der Waals surface area contributed by atoms with Gasteiger partial charge >= 0.3 is 18.1 Å². The van der Waals surface area contributed by atoms with E-state index in [4.69, 9.17) is 0 Å². The highest BCUT2D eigenvalue weighted by atomic mass is 32.2. The Hall–Kier alpha value is -2.53. The van der Waals surface area contributed by atoms with Crippen LogP contribution in [-0.4, -0.2) is 65.9 Å². The molecule has 0 fully saturated rings. The molecule has 0 saturated heterocycles. The van der Waals surface area contributed by atoms with E-state index in [1.807, 2.05) is 25.2 Å². The molecule has 7 nitrogen and oxygen atoms in total. The molecule has 2 amide bonds. The van der Waals surface area contributed by atoms with Crippen LogP contribution in [0.5, 0.6) is 0 Å². The Kier molecular flexibility index (Phi) is 20.9. The molecule has 3 N–H and O–H groups in total. The number of allylic oxidation sites excluding steroid dienone is 7. The third kappa shape index (κ3) is 19.2. The largest absolute Gasteiger partial charge is 0.471 e. The maximum Gasteiger partial charge on any atom is 0.471 e. The van der Waals surface area contributed by atoms with Gasteiger partial charge in [0.1, 0.15) is 12.6 Å². The van der Waals surface area contributed by atoms with Crippen LogP contribution in [0.25, 0.3) is 0 Å². The molecule has 0 aromatic heterocycles. The third-order valence-corrected chi connectivity index (χ3v) is 6.77. The average Bonchev–Trinajstić information content (AvgIpc) is 2.90. The molecule has 0 unspecified atom stereocenters. The average molecular weight is 577 g/mol. The summed E-state index contributed by atoms with van der Waals surface area (Å²) in [6, 6.07) is -1.59. The molecule has 3 atom stereocenters. The number of hydrogen-bond donors (Lipinski definition) is 3. The van der Waals surface area contributed by atoms with Crippen molar-refractivity contribution in [3.05, 3.63) is 48.6 Å². The van der Waals surface area contributed by atoms with E-state index in [0.29, 0.717) is 6.42 Å². The number of thioether (sulfide) groups is 1. The van der Waals surface area contributed by atoms with Crippen LogP contribution in [0.3, 0.4) is 0 Å². The van der Waals surface area contributed by atoms with Gasteiger partial charge in [-0.05, 0) is 25.7 Å². The minimum atomic E-state index is -5.19. The Balaban J connectivity index is 5.24. The van der Waals surface area contributed by atoms with Crippen LogP contribution in [0.4, 0.5) is 13.2 Å². The minimum Gasteiger partial charge on any atom is -0.468 e. The summed E-state index contributed by atoms with van der Waals surface area (Å²) in [5.74, 6) is -4.30. The number of aliphatic hydroxyl groups is 1. The smallest absolute Gasteiger partial charge is 0.468 e. The van der Waals surface area contributed by atoms with Gasteiger partial charge in [-0.25, -0.2) is 0 Å². The van der Waals surface area contributed by atoms with Gasteiger partial charge in [0.25, 0.3) is 0 Å². The van der Waals surface area contributed by atoms with Gasteiger partial charge in [0.15, 0.2) is 0 Å². The molecule has 0 heterocycles. The Bertz CT molecular complexity index is 829. The van der Waals surface area contributed by atoms with E-state index >= 15 is 0 Å². The van der Waals surface area contributed by atoms with E-state index < -0.39 is 47.9 Å². The zero-order chi connectivity index (χ0) is 29.5. The molecule has 0 aromatic rings. The lowest BCUT2D eigenvalue weighted by molar-refractivity contribution is -0.174. The monoisotopic (exact) mass is 576 g/mol. The van der Waals surface area contributed by atoms with E-state index in [9.17, 15) is 32.7 Å². The Morgan fingerprint density at radius 2 is 1.67 bits per heavy atom. The second-order valence-corrected chi connectivity index (χ2v) is 9.94. The highest BCUT2D eigenvalue weighted by Gasteiger charge is 2.41. The molecular weight excluding hydrogens is 533 g/mol. The molecule has 222 valence electrons. The first-order chi connectivity index (χ1) is 18.6. The van der Waals surface area contributed by atoms with Crippen LogP contribution in [0.15, 0.2) is 48.6 Å². The predicted molar refractivity (Wildman–Crippen MR) is 150 cm³/mol. The van der Waals surface area contributed by atoms with E-state index in [2.05, 4.69) is 29.1 Å². The number of hydrogen-bond acceptors (Lipinski definition) is 6. The van der Waals surface area contributed by atoms with Crippen molar-refractivity contribution in [3.8, 4) is 0 Å². The van der Waals surface area contributed by atoms with E-state index in [-0.39, 0.29) is 5.75 Å². The summed E-state index contributed by atoms with van der Waals surface area (Å²) in [5.41, 5.74) is 0. The fraction of sp³-hybridized carbons (Fsp3) is 0.607. The van der Waals surface area contributed by atoms with Gasteiger partial charge in [-0.1, -0.05) is 88.1 Å². The Morgan fingerprint density at radius 3 is 2.31 bits per heavy atom. The lowest BCUT2D eigenvalue weighted by Gasteiger charge is -2.23. The van der Waals surface area contributed by atoms with Crippen LogP contribution < -0.4 is 10.6 Å². The van der Waals surface area contributed by atoms with Crippen molar-refractivity contribution >= 4 is 29.5 Å². The standard InChI is InChI=1S/C28H43F3N2O5S/c1-4-6-8-9-10-11-12-13-14-15-16-17-19-24(23(34)18-7-5-2)39-21-22(33-27(37)28(29,30)31)26(36)32-20-25(35)38-3/h10-11,13-17,19,22-24,34H,4-9,12,18,20-21H2,1-3H3,(H,32,36)(H,33,37)/t22-,23-,24+/m0/s1. The van der Waals surface area contributed by atoms with Crippen LogP contribution in [0.1, 0.15) is 65.2 Å². The number of halogens is 3. The summed E-state index contributed by atoms with van der Waals surface area (Å²) in [4.78, 5) is 35.2. The van der Waals surface area contributed by atoms with Crippen molar-refractivity contribution in [3.63, 3.8) is 0 Å². The second-order valence-electron chi connectivity index (χ2n) is 8.73. The van der Waals surface area contributed by atoms with Crippen molar-refractivity contribution in [2.24, 2.45) is 0 Å². The van der Waals surface area contributed by atoms with Crippen molar-refractivity contribution in [2.45, 2.75) is 88.8 Å². The van der Waals surface area contributed by atoms with Gasteiger partial charge in [-0.15, -0.1) is 11.8 Å². The van der Waals surface area contributed by atoms with Gasteiger partial charge in [-0.2, -0.15) is 13.2 Å². The van der Waals surface area contributed by atoms with Crippen LogP contribution in [0.2, 0.25) is 0 Å². The highest BCUT2D eigenvalue weighted by Crippen LogP contribution is 2.22. The molecule has 0 bridgehead atoms. The number of rotatable bonds is 20. The van der Waals surface area contributed by atoms with Crippen molar-refractivity contribution in [2.75, 3.05) is 19.4 Å². The Morgan fingerprint density at radius 1 is 0.974 bits per heavy atom. The predicted octanol–water partition coefficient (Wildman–Crippen LogP) is 5.17. The van der Waals surface area contributed by atoms with E-state index in [0.717, 1.165) is 44.6 Å². The normalized spacial score (nSPS) is 14.7. The first-order valence-electron chi connectivity index (χ1n) is 13.2. The first-order valence-corrected chi connectivity index (χ1v) is 14.3. The number of carbonyl (C=O) groups is 3. The molecule has 0 aromatic carbocycles.